The smallest absolute Gasteiger partial charge is 0.157 e. The number of halogens is 1. The summed E-state index contributed by atoms with van der Waals surface area (Å²) < 4.78 is 14.6. The van der Waals surface area contributed by atoms with Crippen LogP contribution in [0.2, 0.25) is 0 Å². The fraction of sp³-hybridized carbons (Fsp3) is 0.609. The van der Waals surface area contributed by atoms with Crippen molar-refractivity contribution in [1.29, 1.82) is 0 Å². The van der Waals surface area contributed by atoms with E-state index < -0.39 is 6.04 Å². The second-order valence-corrected chi connectivity index (χ2v) is 9.14. The lowest BCUT2D eigenvalue weighted by Gasteiger charge is -2.38. The van der Waals surface area contributed by atoms with E-state index in [9.17, 15) is 9.18 Å². The molecule has 152 valence electrons. The molecular formula is C23H31FN2OS. The third-order valence-electron chi connectivity index (χ3n) is 6.38. The largest absolute Gasteiger partial charge is 0.300 e. The van der Waals surface area contributed by atoms with Crippen LogP contribution in [0.15, 0.2) is 35.9 Å². The first-order valence-corrected chi connectivity index (χ1v) is 11.3. The maximum absolute atomic E-state index is 14.6. The average molecular weight is 403 g/mol. The molecule has 1 aliphatic carbocycles. The van der Waals surface area contributed by atoms with Crippen LogP contribution in [-0.4, -0.2) is 53.6 Å². The monoisotopic (exact) mass is 402 g/mol. The van der Waals surface area contributed by atoms with E-state index in [1.807, 2.05) is 6.07 Å². The van der Waals surface area contributed by atoms with Gasteiger partial charge in [0, 0.05) is 36.4 Å². The normalized spacial score (nSPS) is 27.1. The summed E-state index contributed by atoms with van der Waals surface area (Å²) in [6.07, 6.45) is 9.02. The van der Waals surface area contributed by atoms with E-state index in [0.717, 1.165) is 32.4 Å². The predicted molar refractivity (Wildman–Crippen MR) is 114 cm³/mol. The summed E-state index contributed by atoms with van der Waals surface area (Å²) in [4.78, 5) is 17.8. The highest BCUT2D eigenvalue weighted by Crippen LogP contribution is 2.39. The topological polar surface area (TPSA) is 23.6 Å². The summed E-state index contributed by atoms with van der Waals surface area (Å²) in [7, 11) is 0. The van der Waals surface area contributed by atoms with Crippen molar-refractivity contribution in [3.63, 3.8) is 0 Å². The maximum atomic E-state index is 14.6. The molecule has 0 radical (unpaired) electrons. The average Bonchev–Trinajstić information content (AvgIpc) is 3.56. The van der Waals surface area contributed by atoms with Gasteiger partial charge in [-0.1, -0.05) is 30.7 Å². The molecule has 3 nitrogen and oxygen atoms in total. The molecule has 4 rings (SSSR count). The Morgan fingerprint density at radius 1 is 1.14 bits per heavy atom. The summed E-state index contributed by atoms with van der Waals surface area (Å²) in [5.74, 6) is 0.0329. The first-order chi connectivity index (χ1) is 13.6. The number of benzene rings is 1. The molecule has 0 amide bonds. The van der Waals surface area contributed by atoms with Crippen molar-refractivity contribution in [1.82, 2.24) is 9.80 Å². The molecule has 0 aromatic heterocycles. The zero-order valence-corrected chi connectivity index (χ0v) is 17.4. The molecule has 3 aliphatic rings. The number of ketones is 1. The fourth-order valence-electron chi connectivity index (χ4n) is 4.52. The van der Waals surface area contributed by atoms with E-state index >= 15 is 0 Å². The summed E-state index contributed by atoms with van der Waals surface area (Å²) in [6, 6.07) is 6.32. The summed E-state index contributed by atoms with van der Waals surface area (Å²) >= 11 is 4.80. The highest BCUT2D eigenvalue weighted by molar-refractivity contribution is 7.81. The first-order valence-electron chi connectivity index (χ1n) is 10.7. The fourth-order valence-corrected chi connectivity index (χ4v) is 4.82. The third kappa shape index (κ3) is 4.69. The standard InChI is InChI=1S/C23H31FN2OS/c24-20-7-3-2-6-19(20)22(23(27)17-8-9-17)26-15-11-21(28)18(16-26)10-14-25-12-4-1-5-13-25/h2-3,6-7,10,17,21-22,28H,1,4-5,8-9,11-16H2. The van der Waals surface area contributed by atoms with Crippen LogP contribution in [0.3, 0.4) is 0 Å². The summed E-state index contributed by atoms with van der Waals surface area (Å²) in [5, 5.41) is 0.235. The minimum atomic E-state index is -0.465. The maximum Gasteiger partial charge on any atom is 0.157 e. The zero-order chi connectivity index (χ0) is 19.5. The number of Topliss-reactive ketones (excluding diaryl/α,β-unsaturated/α-hetero) is 1. The second kappa shape index (κ2) is 9.10. The molecule has 5 heteroatoms. The van der Waals surface area contributed by atoms with Gasteiger partial charge in [0.2, 0.25) is 0 Å². The van der Waals surface area contributed by atoms with Crippen LogP contribution in [-0.2, 0) is 4.79 Å². The number of nitrogens with zero attached hydrogens (tertiary/aromatic N) is 2. The van der Waals surface area contributed by atoms with Gasteiger partial charge in [-0.25, -0.2) is 4.39 Å². The van der Waals surface area contributed by atoms with E-state index in [0.29, 0.717) is 12.1 Å². The Balaban J connectivity index is 1.53. The van der Waals surface area contributed by atoms with E-state index in [2.05, 4.69) is 15.9 Å². The zero-order valence-electron chi connectivity index (χ0n) is 16.5. The van der Waals surface area contributed by atoms with Crippen LogP contribution >= 0.6 is 12.6 Å². The molecule has 1 aromatic rings. The number of hydrogen-bond donors (Lipinski definition) is 1. The van der Waals surface area contributed by atoms with Crippen molar-refractivity contribution in [3.05, 3.63) is 47.3 Å². The molecule has 2 unspecified atom stereocenters. The number of hydrogen-bond acceptors (Lipinski definition) is 4. The highest BCUT2D eigenvalue weighted by atomic mass is 32.1. The lowest BCUT2D eigenvalue weighted by Crippen LogP contribution is -2.43. The highest BCUT2D eigenvalue weighted by Gasteiger charge is 2.40. The van der Waals surface area contributed by atoms with Gasteiger partial charge in [0.1, 0.15) is 5.82 Å². The van der Waals surface area contributed by atoms with Crippen molar-refractivity contribution >= 4 is 18.4 Å². The van der Waals surface area contributed by atoms with Crippen LogP contribution in [0.4, 0.5) is 4.39 Å². The van der Waals surface area contributed by atoms with E-state index in [1.165, 1.54) is 44.0 Å². The molecule has 28 heavy (non-hydrogen) atoms. The van der Waals surface area contributed by atoms with Gasteiger partial charge >= 0.3 is 0 Å². The van der Waals surface area contributed by atoms with Gasteiger partial charge in [-0.2, -0.15) is 12.6 Å². The number of likely N-dealkylation sites (tertiary alicyclic amines) is 2. The first kappa shape index (κ1) is 20.1. The Bertz CT molecular complexity index is 727. The Hall–Kier alpha value is -1.17. The van der Waals surface area contributed by atoms with Crippen molar-refractivity contribution in [2.75, 3.05) is 32.7 Å². The quantitative estimate of drug-likeness (QED) is 0.568. The predicted octanol–water partition coefficient (Wildman–Crippen LogP) is 4.26. The van der Waals surface area contributed by atoms with Crippen molar-refractivity contribution in [2.45, 2.75) is 49.8 Å². The second-order valence-electron chi connectivity index (χ2n) is 8.52. The SMILES string of the molecule is O=C(C1CC1)C(c1ccccc1F)N1CCC(S)C(=CCN2CCCCC2)C1. The van der Waals surface area contributed by atoms with Crippen LogP contribution in [0.25, 0.3) is 0 Å². The van der Waals surface area contributed by atoms with Gasteiger partial charge in [0.15, 0.2) is 5.78 Å². The molecular weight excluding hydrogens is 371 g/mol. The summed E-state index contributed by atoms with van der Waals surface area (Å²) in [6.45, 7) is 4.79. The molecule has 1 aromatic carbocycles. The number of thiol groups is 1. The van der Waals surface area contributed by atoms with Gasteiger partial charge < -0.3 is 0 Å². The van der Waals surface area contributed by atoms with Gasteiger partial charge in [-0.15, -0.1) is 0 Å². The van der Waals surface area contributed by atoms with Crippen LogP contribution in [0.1, 0.15) is 50.1 Å². The third-order valence-corrected chi connectivity index (χ3v) is 6.97. The van der Waals surface area contributed by atoms with E-state index in [1.54, 1.807) is 12.1 Å². The van der Waals surface area contributed by atoms with Gasteiger partial charge in [-0.05, 0) is 56.8 Å². The molecule has 0 N–H and O–H groups in total. The van der Waals surface area contributed by atoms with Crippen molar-refractivity contribution in [3.8, 4) is 0 Å². The van der Waals surface area contributed by atoms with E-state index in [4.69, 9.17) is 12.6 Å². The van der Waals surface area contributed by atoms with E-state index in [-0.39, 0.29) is 22.8 Å². The number of piperidine rings is 2. The lowest BCUT2D eigenvalue weighted by molar-refractivity contribution is -0.126. The van der Waals surface area contributed by atoms with Crippen LogP contribution < -0.4 is 0 Å². The van der Waals surface area contributed by atoms with Gasteiger partial charge in [0.05, 0.1) is 6.04 Å². The Morgan fingerprint density at radius 2 is 1.89 bits per heavy atom. The number of carbonyl (C=O) groups excluding carboxylic acids is 1. The van der Waals surface area contributed by atoms with Gasteiger partial charge in [0.25, 0.3) is 0 Å². The van der Waals surface area contributed by atoms with Gasteiger partial charge in [-0.3, -0.25) is 14.6 Å². The molecule has 3 fully saturated rings. The minimum Gasteiger partial charge on any atom is -0.300 e. The Labute approximate surface area is 173 Å². The molecule has 2 saturated heterocycles. The number of carbonyl (C=O) groups is 1. The molecule has 2 atom stereocenters. The molecule has 2 aliphatic heterocycles. The molecule has 0 bridgehead atoms. The molecule has 0 spiro atoms. The van der Waals surface area contributed by atoms with Crippen LogP contribution in [0.5, 0.6) is 0 Å². The van der Waals surface area contributed by atoms with Crippen molar-refractivity contribution in [2.24, 2.45) is 5.92 Å². The minimum absolute atomic E-state index is 0.110. The lowest BCUT2D eigenvalue weighted by atomic mass is 9.93. The Kier molecular flexibility index (Phi) is 6.54. The molecule has 2 heterocycles. The number of rotatable bonds is 6. The van der Waals surface area contributed by atoms with Crippen molar-refractivity contribution < 1.29 is 9.18 Å². The van der Waals surface area contributed by atoms with Crippen LogP contribution in [0, 0.1) is 11.7 Å². The molecule has 1 saturated carbocycles. The summed E-state index contributed by atoms with van der Waals surface area (Å²) in [5.41, 5.74) is 1.82. The Morgan fingerprint density at radius 3 is 2.61 bits per heavy atom.